The van der Waals surface area contributed by atoms with Crippen molar-refractivity contribution in [1.29, 1.82) is 0 Å². The summed E-state index contributed by atoms with van der Waals surface area (Å²) in [7, 11) is 0. The fourth-order valence-corrected chi connectivity index (χ4v) is 3.71. The summed E-state index contributed by atoms with van der Waals surface area (Å²) >= 11 is 1.80. The first kappa shape index (κ1) is 16.1. The monoisotopic (exact) mass is 327 g/mol. The number of hydrogen-bond donors (Lipinski definition) is 2. The van der Waals surface area contributed by atoms with Crippen LogP contribution in [0.25, 0.3) is 0 Å². The second-order valence-corrected chi connectivity index (χ2v) is 7.00. The number of thioether (sulfide) groups is 1. The van der Waals surface area contributed by atoms with Crippen LogP contribution in [0.3, 0.4) is 0 Å². The van der Waals surface area contributed by atoms with E-state index < -0.39 is 6.10 Å². The Bertz CT molecular complexity index is 701. The standard InChI is InChI=1S/C19H21NO2S/c1-2-23-12-14-8-4-6-10-16(14)19(22)20-17-11-13-7-3-5-9-15(13)18(17)21/h3-10,17-18,21H,2,11-12H2,1H3,(H,20,22)/t17-,18+/m1/s1. The molecule has 0 saturated carbocycles. The fraction of sp³-hybridized carbons (Fsp3) is 0.316. The van der Waals surface area contributed by atoms with Crippen LogP contribution in [0.15, 0.2) is 48.5 Å². The molecule has 0 bridgehead atoms. The van der Waals surface area contributed by atoms with E-state index in [2.05, 4.69) is 12.2 Å². The number of aliphatic hydroxyl groups excluding tert-OH is 1. The zero-order chi connectivity index (χ0) is 16.2. The normalized spacial score (nSPS) is 19.4. The molecule has 0 aromatic heterocycles. The Labute approximate surface area is 141 Å². The minimum absolute atomic E-state index is 0.103. The SMILES string of the molecule is CCSCc1ccccc1C(=O)N[C@@H]1Cc2ccccc2[C@@H]1O. The number of nitrogens with one attached hydrogen (secondary N) is 1. The lowest BCUT2D eigenvalue weighted by molar-refractivity contribution is 0.0858. The predicted octanol–water partition coefficient (Wildman–Crippen LogP) is 3.33. The van der Waals surface area contributed by atoms with E-state index in [0.717, 1.165) is 28.2 Å². The Morgan fingerprint density at radius 1 is 1.22 bits per heavy atom. The largest absolute Gasteiger partial charge is 0.386 e. The first-order chi connectivity index (χ1) is 11.2. The van der Waals surface area contributed by atoms with Gasteiger partial charge in [-0.1, -0.05) is 49.4 Å². The first-order valence-electron chi connectivity index (χ1n) is 7.93. The molecule has 2 atom stereocenters. The summed E-state index contributed by atoms with van der Waals surface area (Å²) in [5.41, 5.74) is 3.78. The molecule has 120 valence electrons. The van der Waals surface area contributed by atoms with Crippen LogP contribution in [0.1, 0.15) is 40.1 Å². The average Bonchev–Trinajstić information content (AvgIpc) is 2.89. The molecule has 0 unspecified atom stereocenters. The molecule has 1 aliphatic rings. The molecule has 0 fully saturated rings. The molecule has 3 nitrogen and oxygen atoms in total. The number of amides is 1. The van der Waals surface area contributed by atoms with Gasteiger partial charge in [0.25, 0.3) is 5.91 Å². The van der Waals surface area contributed by atoms with Crippen molar-refractivity contribution >= 4 is 17.7 Å². The number of carbonyl (C=O) groups is 1. The minimum atomic E-state index is -0.632. The van der Waals surface area contributed by atoms with E-state index in [-0.39, 0.29) is 11.9 Å². The summed E-state index contributed by atoms with van der Waals surface area (Å²) < 4.78 is 0. The Morgan fingerprint density at radius 2 is 1.96 bits per heavy atom. The molecule has 23 heavy (non-hydrogen) atoms. The van der Waals surface area contributed by atoms with Gasteiger partial charge in [-0.3, -0.25) is 4.79 Å². The van der Waals surface area contributed by atoms with Gasteiger partial charge in [-0.05, 0) is 34.9 Å². The lowest BCUT2D eigenvalue weighted by Crippen LogP contribution is -2.38. The van der Waals surface area contributed by atoms with Crippen LogP contribution < -0.4 is 5.32 Å². The van der Waals surface area contributed by atoms with Gasteiger partial charge < -0.3 is 10.4 Å². The number of carbonyl (C=O) groups excluding carboxylic acids is 1. The van der Waals surface area contributed by atoms with Crippen LogP contribution in [-0.2, 0) is 12.2 Å². The van der Waals surface area contributed by atoms with Crippen LogP contribution in [0.5, 0.6) is 0 Å². The third-order valence-electron chi connectivity index (χ3n) is 4.23. The van der Waals surface area contributed by atoms with Gasteiger partial charge in [0.05, 0.1) is 12.1 Å². The Kier molecular flexibility index (Phi) is 5.03. The highest BCUT2D eigenvalue weighted by Crippen LogP contribution is 2.31. The smallest absolute Gasteiger partial charge is 0.251 e. The van der Waals surface area contributed by atoms with Crippen molar-refractivity contribution in [2.24, 2.45) is 0 Å². The third kappa shape index (κ3) is 3.43. The molecule has 0 saturated heterocycles. The summed E-state index contributed by atoms with van der Waals surface area (Å²) in [6, 6.07) is 15.3. The highest BCUT2D eigenvalue weighted by molar-refractivity contribution is 7.98. The number of aliphatic hydroxyl groups is 1. The van der Waals surface area contributed by atoms with E-state index in [1.807, 2.05) is 48.5 Å². The van der Waals surface area contributed by atoms with E-state index in [1.54, 1.807) is 11.8 Å². The van der Waals surface area contributed by atoms with Crippen molar-refractivity contribution in [1.82, 2.24) is 5.32 Å². The van der Waals surface area contributed by atoms with Crippen molar-refractivity contribution in [2.45, 2.75) is 31.2 Å². The zero-order valence-electron chi connectivity index (χ0n) is 13.2. The van der Waals surface area contributed by atoms with Crippen molar-refractivity contribution in [2.75, 3.05) is 5.75 Å². The Balaban J connectivity index is 1.74. The summed E-state index contributed by atoms with van der Waals surface area (Å²) in [6.45, 7) is 2.11. The molecule has 0 spiro atoms. The fourth-order valence-electron chi connectivity index (χ4n) is 3.03. The molecular weight excluding hydrogens is 306 g/mol. The maximum atomic E-state index is 12.6. The van der Waals surface area contributed by atoms with Crippen LogP contribution in [0.4, 0.5) is 0 Å². The molecule has 3 rings (SSSR count). The second kappa shape index (κ2) is 7.20. The molecule has 0 heterocycles. The molecule has 0 aliphatic heterocycles. The van der Waals surface area contributed by atoms with E-state index >= 15 is 0 Å². The number of benzene rings is 2. The summed E-state index contributed by atoms with van der Waals surface area (Å²) in [5, 5.41) is 13.4. The quantitative estimate of drug-likeness (QED) is 0.885. The molecule has 0 radical (unpaired) electrons. The van der Waals surface area contributed by atoms with Gasteiger partial charge in [0.2, 0.25) is 0 Å². The summed E-state index contributed by atoms with van der Waals surface area (Å²) in [5.74, 6) is 1.74. The van der Waals surface area contributed by atoms with Gasteiger partial charge >= 0.3 is 0 Å². The maximum absolute atomic E-state index is 12.6. The summed E-state index contributed by atoms with van der Waals surface area (Å²) in [4.78, 5) is 12.6. The number of fused-ring (bicyclic) bond motifs is 1. The molecule has 1 aliphatic carbocycles. The lowest BCUT2D eigenvalue weighted by atomic mass is 10.1. The van der Waals surface area contributed by atoms with Crippen LogP contribution >= 0.6 is 11.8 Å². The van der Waals surface area contributed by atoms with Crippen LogP contribution in [-0.4, -0.2) is 22.8 Å². The van der Waals surface area contributed by atoms with Gasteiger partial charge in [0.15, 0.2) is 0 Å². The van der Waals surface area contributed by atoms with E-state index in [9.17, 15) is 9.90 Å². The van der Waals surface area contributed by atoms with Gasteiger partial charge in [0, 0.05) is 11.3 Å². The lowest BCUT2D eigenvalue weighted by Gasteiger charge is -2.18. The molecule has 2 aromatic rings. The predicted molar refractivity (Wildman–Crippen MR) is 94.6 cm³/mol. The molecule has 4 heteroatoms. The van der Waals surface area contributed by atoms with Gasteiger partial charge in [-0.2, -0.15) is 11.8 Å². The minimum Gasteiger partial charge on any atom is -0.386 e. The van der Waals surface area contributed by atoms with Crippen molar-refractivity contribution in [3.05, 3.63) is 70.8 Å². The average molecular weight is 327 g/mol. The van der Waals surface area contributed by atoms with Crippen molar-refractivity contribution in [3.63, 3.8) is 0 Å². The highest BCUT2D eigenvalue weighted by Gasteiger charge is 2.32. The highest BCUT2D eigenvalue weighted by atomic mass is 32.2. The third-order valence-corrected chi connectivity index (χ3v) is 5.16. The topological polar surface area (TPSA) is 49.3 Å². The number of rotatable bonds is 5. The van der Waals surface area contributed by atoms with Gasteiger partial charge in [-0.15, -0.1) is 0 Å². The zero-order valence-corrected chi connectivity index (χ0v) is 14.0. The van der Waals surface area contributed by atoms with Crippen molar-refractivity contribution < 1.29 is 9.90 Å². The molecule has 1 amide bonds. The van der Waals surface area contributed by atoms with E-state index in [4.69, 9.17) is 0 Å². The Morgan fingerprint density at radius 3 is 2.74 bits per heavy atom. The Hall–Kier alpha value is -1.78. The van der Waals surface area contributed by atoms with Crippen LogP contribution in [0.2, 0.25) is 0 Å². The second-order valence-electron chi connectivity index (χ2n) is 5.72. The maximum Gasteiger partial charge on any atom is 0.251 e. The van der Waals surface area contributed by atoms with Gasteiger partial charge in [-0.25, -0.2) is 0 Å². The van der Waals surface area contributed by atoms with Crippen LogP contribution in [0, 0.1) is 0 Å². The molecular formula is C19H21NO2S. The number of hydrogen-bond acceptors (Lipinski definition) is 3. The first-order valence-corrected chi connectivity index (χ1v) is 9.08. The van der Waals surface area contributed by atoms with Gasteiger partial charge in [0.1, 0.15) is 0 Å². The van der Waals surface area contributed by atoms with Crippen molar-refractivity contribution in [3.8, 4) is 0 Å². The molecule has 2 aromatic carbocycles. The van der Waals surface area contributed by atoms with E-state index in [1.165, 1.54) is 0 Å². The van der Waals surface area contributed by atoms with E-state index in [0.29, 0.717) is 12.0 Å². The molecule has 2 N–H and O–H groups in total. The summed E-state index contributed by atoms with van der Waals surface area (Å²) in [6.07, 6.45) is 0.0434.